The highest BCUT2D eigenvalue weighted by atomic mass is 32.1. The highest BCUT2D eigenvalue weighted by molar-refractivity contribution is 7.10. The lowest BCUT2D eigenvalue weighted by atomic mass is 10.1. The molecule has 1 unspecified atom stereocenters. The Hall–Kier alpha value is -1.39. The maximum atomic E-state index is 9.53. The Balaban J connectivity index is 2.46. The first-order chi connectivity index (χ1) is 8.65. The fourth-order valence-corrected chi connectivity index (χ4v) is 2.54. The summed E-state index contributed by atoms with van der Waals surface area (Å²) in [5.74, 6) is 0.814. The van der Waals surface area contributed by atoms with Crippen LogP contribution in [0.4, 0.5) is 0 Å². The molecule has 1 aromatic carbocycles. The number of aliphatic hydroxyl groups is 1. The van der Waals surface area contributed by atoms with Gasteiger partial charge in [-0.15, -0.1) is 11.3 Å². The average Bonchev–Trinajstić information content (AvgIpc) is 2.87. The van der Waals surface area contributed by atoms with Crippen molar-refractivity contribution in [2.24, 2.45) is 0 Å². The fraction of sp³-hybridized carbons (Fsp3) is 0.357. The second-order valence-corrected chi connectivity index (χ2v) is 5.02. The molecule has 0 radical (unpaired) electrons. The number of aliphatic hydroxyl groups excluding tert-OH is 1. The van der Waals surface area contributed by atoms with Gasteiger partial charge < -0.3 is 9.84 Å². The largest absolute Gasteiger partial charge is 0.496 e. The second-order valence-electron chi connectivity index (χ2n) is 4.14. The molecule has 1 atom stereocenters. The maximum Gasteiger partial charge on any atom is 0.128 e. The Morgan fingerprint density at radius 2 is 2.22 bits per heavy atom. The molecule has 0 aliphatic rings. The molecule has 0 spiro atoms. The molecular formula is C14H17NO2S. The van der Waals surface area contributed by atoms with E-state index in [-0.39, 0.29) is 0 Å². The van der Waals surface area contributed by atoms with E-state index in [0.717, 1.165) is 28.4 Å². The van der Waals surface area contributed by atoms with Crippen LogP contribution in [0.25, 0.3) is 11.3 Å². The van der Waals surface area contributed by atoms with Gasteiger partial charge in [0.1, 0.15) is 16.9 Å². The molecule has 0 bridgehead atoms. The number of ether oxygens (including phenoxy) is 1. The molecule has 0 aliphatic carbocycles. The van der Waals surface area contributed by atoms with Crippen molar-refractivity contribution >= 4 is 11.3 Å². The number of aryl methyl sites for hydroxylation is 1. The summed E-state index contributed by atoms with van der Waals surface area (Å²) >= 11 is 1.47. The Bertz CT molecular complexity index is 534. The van der Waals surface area contributed by atoms with Gasteiger partial charge in [-0.2, -0.15) is 0 Å². The highest BCUT2D eigenvalue weighted by Crippen LogP contribution is 2.33. The van der Waals surface area contributed by atoms with Gasteiger partial charge >= 0.3 is 0 Å². The van der Waals surface area contributed by atoms with Crippen LogP contribution in [-0.2, 0) is 6.42 Å². The molecule has 4 heteroatoms. The van der Waals surface area contributed by atoms with Crippen LogP contribution in [0, 0.1) is 0 Å². The van der Waals surface area contributed by atoms with Gasteiger partial charge in [0.05, 0.1) is 12.8 Å². The van der Waals surface area contributed by atoms with E-state index in [9.17, 15) is 5.11 Å². The van der Waals surface area contributed by atoms with Gasteiger partial charge in [-0.3, -0.25) is 0 Å². The zero-order valence-corrected chi connectivity index (χ0v) is 11.6. The number of hydrogen-bond acceptors (Lipinski definition) is 4. The lowest BCUT2D eigenvalue weighted by molar-refractivity contribution is 0.199. The van der Waals surface area contributed by atoms with Crippen molar-refractivity contribution < 1.29 is 9.84 Å². The first-order valence-electron chi connectivity index (χ1n) is 5.96. The Morgan fingerprint density at radius 1 is 1.44 bits per heavy atom. The van der Waals surface area contributed by atoms with Gasteiger partial charge in [-0.1, -0.05) is 13.0 Å². The van der Waals surface area contributed by atoms with Gasteiger partial charge in [-0.25, -0.2) is 4.98 Å². The summed E-state index contributed by atoms with van der Waals surface area (Å²) in [5, 5.41) is 12.2. The normalized spacial score (nSPS) is 12.4. The van der Waals surface area contributed by atoms with Crippen molar-refractivity contribution in [3.63, 3.8) is 0 Å². The fourth-order valence-electron chi connectivity index (χ4n) is 1.78. The Labute approximate surface area is 111 Å². The summed E-state index contributed by atoms with van der Waals surface area (Å²) in [6.45, 7) is 3.84. The van der Waals surface area contributed by atoms with Gasteiger partial charge in [0.15, 0.2) is 0 Å². The van der Waals surface area contributed by atoms with E-state index in [1.54, 1.807) is 14.0 Å². The summed E-state index contributed by atoms with van der Waals surface area (Å²) in [6.07, 6.45) is 0.453. The lowest BCUT2D eigenvalue weighted by Crippen LogP contribution is -1.92. The summed E-state index contributed by atoms with van der Waals surface area (Å²) in [5.41, 5.74) is 3.10. The number of nitrogens with zero attached hydrogens (tertiary/aromatic N) is 1. The third-order valence-corrected chi connectivity index (χ3v) is 3.84. The molecule has 0 aliphatic heterocycles. The van der Waals surface area contributed by atoms with Crippen molar-refractivity contribution in [3.05, 3.63) is 34.2 Å². The van der Waals surface area contributed by atoms with Crippen LogP contribution in [0.5, 0.6) is 5.75 Å². The zero-order chi connectivity index (χ0) is 13.1. The van der Waals surface area contributed by atoms with Crippen LogP contribution in [0.1, 0.15) is 30.5 Å². The molecule has 1 N–H and O–H groups in total. The highest BCUT2D eigenvalue weighted by Gasteiger charge is 2.12. The molecule has 96 valence electrons. The topological polar surface area (TPSA) is 42.4 Å². The van der Waals surface area contributed by atoms with E-state index in [4.69, 9.17) is 4.74 Å². The third kappa shape index (κ3) is 2.54. The number of hydrogen-bond donors (Lipinski definition) is 1. The van der Waals surface area contributed by atoms with Crippen LogP contribution in [-0.4, -0.2) is 17.2 Å². The molecule has 1 aromatic heterocycles. The van der Waals surface area contributed by atoms with Crippen molar-refractivity contribution in [2.45, 2.75) is 26.4 Å². The van der Waals surface area contributed by atoms with E-state index in [1.165, 1.54) is 16.9 Å². The van der Waals surface area contributed by atoms with Gasteiger partial charge in [0, 0.05) is 10.9 Å². The lowest BCUT2D eigenvalue weighted by Gasteiger charge is -2.08. The van der Waals surface area contributed by atoms with Crippen LogP contribution in [0.3, 0.4) is 0 Å². The smallest absolute Gasteiger partial charge is 0.128 e. The van der Waals surface area contributed by atoms with Crippen molar-refractivity contribution in [1.82, 2.24) is 4.98 Å². The third-order valence-electron chi connectivity index (χ3n) is 2.83. The monoisotopic (exact) mass is 263 g/mol. The van der Waals surface area contributed by atoms with Gasteiger partial charge in [0.25, 0.3) is 0 Å². The van der Waals surface area contributed by atoms with Crippen molar-refractivity contribution in [2.75, 3.05) is 7.11 Å². The van der Waals surface area contributed by atoms with Crippen LogP contribution in [0.15, 0.2) is 23.6 Å². The van der Waals surface area contributed by atoms with E-state index < -0.39 is 6.10 Å². The van der Waals surface area contributed by atoms with Crippen molar-refractivity contribution in [3.8, 4) is 17.0 Å². The van der Waals surface area contributed by atoms with Crippen LogP contribution >= 0.6 is 11.3 Å². The average molecular weight is 263 g/mol. The van der Waals surface area contributed by atoms with Crippen molar-refractivity contribution in [1.29, 1.82) is 0 Å². The maximum absolute atomic E-state index is 9.53. The summed E-state index contributed by atoms with van der Waals surface area (Å²) in [7, 11) is 1.66. The number of benzene rings is 1. The standard InChI is InChI=1S/C14H17NO2S/c1-4-10-5-6-13(17-3)11(7-10)12-8-18-14(15-12)9(2)16/h5-9,16H,4H2,1-3H3. The molecule has 18 heavy (non-hydrogen) atoms. The number of thiazole rings is 1. The second kappa shape index (κ2) is 5.50. The van der Waals surface area contributed by atoms with Crippen LogP contribution < -0.4 is 4.74 Å². The SMILES string of the molecule is CCc1ccc(OC)c(-c2csc(C(C)O)n2)c1. The molecule has 0 saturated heterocycles. The minimum atomic E-state index is -0.524. The molecule has 1 heterocycles. The number of methoxy groups -OCH3 is 1. The minimum absolute atomic E-state index is 0.524. The first-order valence-corrected chi connectivity index (χ1v) is 6.84. The Kier molecular flexibility index (Phi) is 3.99. The summed E-state index contributed by atoms with van der Waals surface area (Å²) < 4.78 is 5.37. The van der Waals surface area contributed by atoms with E-state index in [2.05, 4.69) is 24.0 Å². The predicted molar refractivity (Wildman–Crippen MR) is 74.1 cm³/mol. The van der Waals surface area contributed by atoms with E-state index >= 15 is 0 Å². The molecule has 0 fully saturated rings. The molecule has 0 amide bonds. The number of rotatable bonds is 4. The molecule has 3 nitrogen and oxygen atoms in total. The van der Waals surface area contributed by atoms with E-state index in [0.29, 0.717) is 0 Å². The van der Waals surface area contributed by atoms with Gasteiger partial charge in [-0.05, 0) is 31.0 Å². The summed E-state index contributed by atoms with van der Waals surface area (Å²) in [6, 6.07) is 6.12. The molecule has 2 aromatic rings. The Morgan fingerprint density at radius 3 is 2.78 bits per heavy atom. The van der Waals surface area contributed by atoms with Crippen LogP contribution in [0.2, 0.25) is 0 Å². The van der Waals surface area contributed by atoms with E-state index in [1.807, 2.05) is 11.4 Å². The zero-order valence-electron chi connectivity index (χ0n) is 10.8. The molecule has 2 rings (SSSR count). The molecular weight excluding hydrogens is 246 g/mol. The quantitative estimate of drug-likeness (QED) is 0.919. The number of aromatic nitrogens is 1. The predicted octanol–water partition coefficient (Wildman–Crippen LogP) is 3.43. The van der Waals surface area contributed by atoms with Gasteiger partial charge in [0.2, 0.25) is 0 Å². The first kappa shape index (κ1) is 13.1. The molecule has 0 saturated carbocycles. The minimum Gasteiger partial charge on any atom is -0.496 e. The summed E-state index contributed by atoms with van der Waals surface area (Å²) in [4.78, 5) is 4.45.